The second-order valence-corrected chi connectivity index (χ2v) is 2.24. The van der Waals surface area contributed by atoms with Crippen molar-refractivity contribution in [3.8, 4) is 0 Å². The lowest BCUT2D eigenvalue weighted by atomic mass is 10.2. The second kappa shape index (κ2) is 3.91. The molecule has 0 radical (unpaired) electrons. The van der Waals surface area contributed by atoms with E-state index in [2.05, 4.69) is 0 Å². The van der Waals surface area contributed by atoms with Gasteiger partial charge in [0.15, 0.2) is 0 Å². The Hall–Kier alpha value is -0.780. The van der Waals surface area contributed by atoms with Crippen molar-refractivity contribution in [2.45, 2.75) is 24.5 Å². The van der Waals surface area contributed by atoms with Crippen molar-refractivity contribution >= 4 is 0 Å². The highest BCUT2D eigenvalue weighted by Crippen LogP contribution is 2.49. The molecule has 0 bridgehead atoms. The molecule has 0 heterocycles. The summed E-state index contributed by atoms with van der Waals surface area (Å²) in [5, 5.41) is 0. The van der Waals surface area contributed by atoms with Gasteiger partial charge in [0.1, 0.15) is 0 Å². The quantitative estimate of drug-likeness (QED) is 0.566. The van der Waals surface area contributed by atoms with Crippen LogP contribution < -0.4 is 0 Å². The zero-order valence-corrected chi connectivity index (χ0v) is 6.60. The van der Waals surface area contributed by atoms with Gasteiger partial charge < -0.3 is 0 Å². The number of ether oxygens (including phenoxy) is 1. The fraction of sp³-hybridized carbons (Fsp3) is 1.00. The molecule has 0 N–H and O–H groups in total. The summed E-state index contributed by atoms with van der Waals surface area (Å²) in [7, 11) is 0. The van der Waals surface area contributed by atoms with E-state index in [-0.39, 0.29) is 0 Å². The van der Waals surface area contributed by atoms with E-state index < -0.39 is 24.5 Å². The summed E-state index contributed by atoms with van der Waals surface area (Å²) in [4.78, 5) is 1.35. The molecule has 0 aliphatic carbocycles. The molecule has 0 spiro atoms. The molecule has 0 fully saturated rings. The predicted molar refractivity (Wildman–Crippen MR) is 24.2 cm³/mol. The van der Waals surface area contributed by atoms with E-state index in [1.54, 1.807) is 4.74 Å². The average Bonchev–Trinajstić information content (AvgIpc) is 1.93. The molecular formula is C4F10O2. The average molecular weight is 270 g/mol. The van der Waals surface area contributed by atoms with Gasteiger partial charge in [0.05, 0.1) is 0 Å². The number of alkyl halides is 9. The Balaban J connectivity index is 5.51. The third-order valence-corrected chi connectivity index (χ3v) is 1.11. The lowest BCUT2D eigenvalue weighted by Crippen LogP contribution is -2.61. The molecule has 0 saturated heterocycles. The van der Waals surface area contributed by atoms with Crippen LogP contribution in [-0.4, -0.2) is 24.5 Å². The van der Waals surface area contributed by atoms with E-state index >= 15 is 0 Å². The van der Waals surface area contributed by atoms with Crippen LogP contribution in [0.15, 0.2) is 0 Å². The van der Waals surface area contributed by atoms with Gasteiger partial charge in [-0.1, -0.05) is 0 Å². The summed E-state index contributed by atoms with van der Waals surface area (Å²) >= 11 is 0. The first kappa shape index (κ1) is 15.2. The second-order valence-electron chi connectivity index (χ2n) is 2.24. The Morgan fingerprint density at radius 1 is 0.625 bits per heavy atom. The van der Waals surface area contributed by atoms with Crippen LogP contribution in [0.5, 0.6) is 0 Å². The highest BCUT2D eigenvalue weighted by Gasteiger charge is 2.79. The number of halogens is 10. The van der Waals surface area contributed by atoms with Crippen molar-refractivity contribution in [2.24, 2.45) is 0 Å². The molecule has 0 aliphatic rings. The summed E-state index contributed by atoms with van der Waals surface area (Å²) in [5.41, 5.74) is 0. The van der Waals surface area contributed by atoms with E-state index in [1.165, 1.54) is 4.94 Å². The Kier molecular flexibility index (Phi) is 3.72. The zero-order valence-electron chi connectivity index (χ0n) is 6.60. The first-order valence-corrected chi connectivity index (χ1v) is 2.97. The van der Waals surface area contributed by atoms with Gasteiger partial charge in [-0.05, 0) is 4.53 Å². The Morgan fingerprint density at radius 3 is 1.00 bits per heavy atom. The van der Waals surface area contributed by atoms with E-state index in [0.29, 0.717) is 0 Å². The molecule has 16 heavy (non-hydrogen) atoms. The summed E-state index contributed by atoms with van der Waals surface area (Å²) in [6, 6.07) is 0. The molecule has 0 amide bonds. The van der Waals surface area contributed by atoms with Gasteiger partial charge in [-0.15, -0.1) is 18.1 Å². The zero-order chi connectivity index (χ0) is 13.4. The van der Waals surface area contributed by atoms with Crippen molar-refractivity contribution in [3.05, 3.63) is 0 Å². The van der Waals surface area contributed by atoms with Gasteiger partial charge in [0.2, 0.25) is 0 Å². The minimum absolute atomic E-state index is 1.35. The lowest BCUT2D eigenvalue weighted by molar-refractivity contribution is -0.564. The third-order valence-electron chi connectivity index (χ3n) is 1.11. The topological polar surface area (TPSA) is 18.5 Å². The molecular weight excluding hydrogens is 270 g/mol. The number of rotatable bonds is 2. The lowest BCUT2D eigenvalue weighted by Gasteiger charge is -2.32. The molecule has 0 aromatic heterocycles. The minimum Gasteiger partial charge on any atom is -0.239 e. The molecule has 0 aromatic rings. The molecule has 2 nitrogen and oxygen atoms in total. The maximum atomic E-state index is 11.7. The highest BCUT2D eigenvalue weighted by molar-refractivity contribution is 4.86. The van der Waals surface area contributed by atoms with Gasteiger partial charge in [-0.25, -0.2) is 4.74 Å². The first-order valence-electron chi connectivity index (χ1n) is 2.97. The fourth-order valence-corrected chi connectivity index (χ4v) is 0.543. The fourth-order valence-electron chi connectivity index (χ4n) is 0.543. The Morgan fingerprint density at radius 2 is 0.938 bits per heavy atom. The van der Waals surface area contributed by atoms with Crippen molar-refractivity contribution < 1.29 is 53.7 Å². The van der Waals surface area contributed by atoms with Crippen LogP contribution in [-0.2, 0) is 9.68 Å². The van der Waals surface area contributed by atoms with E-state index in [4.69, 9.17) is 0 Å². The van der Waals surface area contributed by atoms with Crippen LogP contribution in [0.4, 0.5) is 44.0 Å². The maximum absolute atomic E-state index is 11.7. The Labute approximate surface area is 79.6 Å². The molecule has 12 heteroatoms. The van der Waals surface area contributed by atoms with E-state index in [9.17, 15) is 44.0 Å². The maximum Gasteiger partial charge on any atom is 0.525 e. The van der Waals surface area contributed by atoms with Gasteiger partial charge in [0.25, 0.3) is 0 Å². The molecule has 0 atom stereocenters. The van der Waals surface area contributed by atoms with Crippen molar-refractivity contribution in [1.82, 2.24) is 0 Å². The molecule has 0 saturated carbocycles. The van der Waals surface area contributed by atoms with Gasteiger partial charge in [0, 0.05) is 0 Å². The molecule has 0 aromatic carbocycles. The third kappa shape index (κ3) is 2.87. The molecule has 0 unspecified atom stereocenters. The highest BCUT2D eigenvalue weighted by atomic mass is 19.4. The summed E-state index contributed by atoms with van der Waals surface area (Å²) in [6.07, 6.45) is -20.0. The normalized spacial score (nSPS) is 15.4. The predicted octanol–water partition coefficient (Wildman–Crippen LogP) is 3.24. The van der Waals surface area contributed by atoms with E-state index in [1.807, 2.05) is 0 Å². The number of hydrogen-bond donors (Lipinski definition) is 0. The smallest absolute Gasteiger partial charge is 0.239 e. The first-order chi connectivity index (χ1) is 6.77. The number of hydrogen-bond acceptors (Lipinski definition) is 2. The summed E-state index contributed by atoms with van der Waals surface area (Å²) in [6.45, 7) is 0. The van der Waals surface area contributed by atoms with Gasteiger partial charge in [-0.3, -0.25) is 0 Å². The molecule has 98 valence electrons. The van der Waals surface area contributed by atoms with Crippen molar-refractivity contribution in [1.29, 1.82) is 0 Å². The Bertz CT molecular complexity index is 221. The minimum atomic E-state index is -6.81. The van der Waals surface area contributed by atoms with Crippen LogP contribution in [0, 0.1) is 0 Å². The van der Waals surface area contributed by atoms with Crippen molar-refractivity contribution in [3.63, 3.8) is 0 Å². The van der Waals surface area contributed by atoms with Crippen LogP contribution in [0.2, 0.25) is 0 Å². The standard InChI is InChI=1S/C4F10O2/c5-2(6,7)1(16-14,3(8,9)10)15-4(11,12)13. The summed E-state index contributed by atoms with van der Waals surface area (Å²) in [5.74, 6) is -6.39. The largest absolute Gasteiger partial charge is 0.525 e. The van der Waals surface area contributed by atoms with Gasteiger partial charge in [-0.2, -0.15) is 26.3 Å². The molecule has 0 aliphatic heterocycles. The monoisotopic (exact) mass is 270 g/mol. The van der Waals surface area contributed by atoms with Gasteiger partial charge >= 0.3 is 24.5 Å². The molecule has 0 rings (SSSR count). The van der Waals surface area contributed by atoms with Crippen LogP contribution in [0.1, 0.15) is 0 Å². The summed E-state index contributed by atoms with van der Waals surface area (Å²) < 4.78 is 117. The van der Waals surface area contributed by atoms with Crippen LogP contribution in [0.25, 0.3) is 0 Å². The van der Waals surface area contributed by atoms with Crippen LogP contribution >= 0.6 is 0 Å². The van der Waals surface area contributed by atoms with Crippen molar-refractivity contribution in [2.75, 3.05) is 0 Å². The van der Waals surface area contributed by atoms with Crippen LogP contribution in [0.3, 0.4) is 0 Å². The SMILES string of the molecule is FOC(OC(F)(F)F)(C(F)(F)F)C(F)(F)F. The van der Waals surface area contributed by atoms with E-state index in [0.717, 1.165) is 0 Å².